The molecule has 0 saturated carbocycles. The first kappa shape index (κ1) is 13.2. The van der Waals surface area contributed by atoms with Crippen LogP contribution in [0.2, 0.25) is 0 Å². The number of nitrogens with zero attached hydrogens (tertiary/aromatic N) is 1. The van der Waals surface area contributed by atoms with Gasteiger partial charge in [-0.05, 0) is 19.1 Å². The monoisotopic (exact) mass is 275 g/mol. The molecule has 0 aliphatic carbocycles. The minimum atomic E-state index is -0.311. The molecule has 2 aromatic rings. The van der Waals surface area contributed by atoms with Gasteiger partial charge in [-0.2, -0.15) is 0 Å². The van der Waals surface area contributed by atoms with Gasteiger partial charge in [-0.3, -0.25) is 9.78 Å². The van der Waals surface area contributed by atoms with Crippen molar-refractivity contribution in [3.8, 4) is 0 Å². The Balaban J connectivity index is 1.91. The lowest BCUT2D eigenvalue weighted by Crippen LogP contribution is -2.27. The molecule has 2 rings (SSSR count). The van der Waals surface area contributed by atoms with Crippen LogP contribution < -0.4 is 10.6 Å². The van der Waals surface area contributed by atoms with Crippen LogP contribution in [-0.2, 0) is 6.54 Å². The number of hydrogen-bond acceptors (Lipinski definition) is 4. The molecule has 0 spiro atoms. The first-order chi connectivity index (χ1) is 9.15. The Kier molecular flexibility index (Phi) is 4.25. The Morgan fingerprint density at radius 2 is 2.21 bits per heavy atom. The van der Waals surface area contributed by atoms with Gasteiger partial charge in [0.25, 0.3) is 0 Å². The van der Waals surface area contributed by atoms with E-state index in [9.17, 15) is 9.59 Å². The molecule has 1 heterocycles. The van der Waals surface area contributed by atoms with E-state index >= 15 is 0 Å². The maximum absolute atomic E-state index is 11.7. The van der Waals surface area contributed by atoms with E-state index < -0.39 is 0 Å². The molecule has 0 aliphatic heterocycles. The van der Waals surface area contributed by atoms with Crippen LogP contribution in [0.1, 0.15) is 22.2 Å². The van der Waals surface area contributed by atoms with Gasteiger partial charge in [-0.1, -0.05) is 12.1 Å². The van der Waals surface area contributed by atoms with Gasteiger partial charge in [0.05, 0.1) is 12.1 Å². The average molecular weight is 275 g/mol. The fourth-order valence-electron chi connectivity index (χ4n) is 1.49. The molecule has 1 aromatic carbocycles. The van der Waals surface area contributed by atoms with E-state index in [2.05, 4.69) is 15.6 Å². The summed E-state index contributed by atoms with van der Waals surface area (Å²) in [6.45, 7) is 1.92. The Labute approximate surface area is 114 Å². The van der Waals surface area contributed by atoms with Crippen molar-refractivity contribution in [2.45, 2.75) is 13.5 Å². The zero-order chi connectivity index (χ0) is 13.7. The third kappa shape index (κ3) is 3.89. The van der Waals surface area contributed by atoms with Crippen molar-refractivity contribution in [1.82, 2.24) is 10.3 Å². The summed E-state index contributed by atoms with van der Waals surface area (Å²) in [5.41, 5.74) is 2.88. The van der Waals surface area contributed by atoms with E-state index in [-0.39, 0.29) is 11.8 Å². The third-order valence-electron chi connectivity index (χ3n) is 2.43. The van der Waals surface area contributed by atoms with Gasteiger partial charge < -0.3 is 10.6 Å². The first-order valence-corrected chi connectivity index (χ1v) is 6.56. The highest BCUT2D eigenvalue weighted by molar-refractivity contribution is 7.09. The Bertz CT molecular complexity index is 581. The Morgan fingerprint density at radius 1 is 1.37 bits per heavy atom. The topological polar surface area (TPSA) is 71.1 Å². The lowest BCUT2D eigenvalue weighted by molar-refractivity contribution is 0.101. The molecule has 1 aromatic heterocycles. The van der Waals surface area contributed by atoms with Crippen molar-refractivity contribution >= 4 is 28.8 Å². The standard InChI is InChI=1S/C13H13N3O2S/c1-9(17)10-3-2-4-11(5-10)16-13(18)15-7-12-6-14-8-19-12/h2-6,8H,7H2,1H3,(H2,15,16,18). The third-order valence-corrected chi connectivity index (χ3v) is 3.21. The number of benzene rings is 1. The van der Waals surface area contributed by atoms with Gasteiger partial charge in [-0.25, -0.2) is 4.79 Å². The van der Waals surface area contributed by atoms with E-state index in [0.717, 1.165) is 4.88 Å². The Hall–Kier alpha value is -2.21. The average Bonchev–Trinajstić information content (AvgIpc) is 2.90. The molecule has 98 valence electrons. The van der Waals surface area contributed by atoms with Crippen molar-refractivity contribution in [2.75, 3.05) is 5.32 Å². The fraction of sp³-hybridized carbons (Fsp3) is 0.154. The van der Waals surface area contributed by atoms with Crippen LogP contribution in [-0.4, -0.2) is 16.8 Å². The number of nitrogens with one attached hydrogen (secondary N) is 2. The number of aromatic nitrogens is 1. The second-order valence-corrected chi connectivity index (χ2v) is 4.88. The van der Waals surface area contributed by atoms with Gasteiger partial charge in [0.2, 0.25) is 0 Å². The van der Waals surface area contributed by atoms with E-state index in [1.54, 1.807) is 36.0 Å². The molecule has 0 atom stereocenters. The first-order valence-electron chi connectivity index (χ1n) is 5.68. The summed E-state index contributed by atoms with van der Waals surface area (Å²) in [5, 5.41) is 5.40. The summed E-state index contributed by atoms with van der Waals surface area (Å²) in [6, 6.07) is 6.51. The number of Topliss-reactive ketones (excluding diaryl/α,β-unsaturated/α-hetero) is 1. The van der Waals surface area contributed by atoms with Crippen LogP contribution in [0.3, 0.4) is 0 Å². The van der Waals surface area contributed by atoms with Crippen LogP contribution in [0.15, 0.2) is 36.0 Å². The molecule has 19 heavy (non-hydrogen) atoms. The lowest BCUT2D eigenvalue weighted by Gasteiger charge is -2.07. The second-order valence-electron chi connectivity index (χ2n) is 3.91. The van der Waals surface area contributed by atoms with Gasteiger partial charge in [0.15, 0.2) is 5.78 Å². The highest BCUT2D eigenvalue weighted by Gasteiger charge is 2.04. The molecular formula is C13H13N3O2S. The van der Waals surface area contributed by atoms with Crippen molar-refractivity contribution < 1.29 is 9.59 Å². The number of amides is 2. The molecular weight excluding hydrogens is 262 g/mol. The number of anilines is 1. The zero-order valence-corrected chi connectivity index (χ0v) is 11.2. The second kappa shape index (κ2) is 6.10. The molecule has 0 bridgehead atoms. The van der Waals surface area contributed by atoms with Gasteiger partial charge in [0.1, 0.15) is 0 Å². The van der Waals surface area contributed by atoms with Crippen molar-refractivity contribution in [3.05, 3.63) is 46.4 Å². The summed E-state index contributed by atoms with van der Waals surface area (Å²) in [7, 11) is 0. The van der Waals surface area contributed by atoms with E-state index in [4.69, 9.17) is 0 Å². The van der Waals surface area contributed by atoms with Gasteiger partial charge in [-0.15, -0.1) is 11.3 Å². The molecule has 2 N–H and O–H groups in total. The minimum Gasteiger partial charge on any atom is -0.333 e. The molecule has 0 unspecified atom stereocenters. The smallest absolute Gasteiger partial charge is 0.319 e. The van der Waals surface area contributed by atoms with Gasteiger partial charge >= 0.3 is 6.03 Å². The summed E-state index contributed by atoms with van der Waals surface area (Å²) < 4.78 is 0. The zero-order valence-electron chi connectivity index (χ0n) is 10.3. The van der Waals surface area contributed by atoms with Crippen LogP contribution in [0.25, 0.3) is 0 Å². The van der Waals surface area contributed by atoms with E-state index in [1.807, 2.05) is 0 Å². The Morgan fingerprint density at radius 3 is 2.89 bits per heavy atom. The predicted octanol–water partition coefficient (Wildman–Crippen LogP) is 2.67. The minimum absolute atomic E-state index is 0.0336. The molecule has 5 nitrogen and oxygen atoms in total. The molecule has 0 radical (unpaired) electrons. The number of rotatable bonds is 4. The van der Waals surface area contributed by atoms with Crippen LogP contribution in [0.5, 0.6) is 0 Å². The molecule has 0 saturated heterocycles. The molecule has 6 heteroatoms. The number of carbonyl (C=O) groups is 2. The fourth-order valence-corrected chi connectivity index (χ4v) is 2.02. The highest BCUT2D eigenvalue weighted by atomic mass is 32.1. The number of carbonyl (C=O) groups excluding carboxylic acids is 2. The summed E-state index contributed by atoms with van der Waals surface area (Å²) >= 11 is 1.48. The summed E-state index contributed by atoms with van der Waals surface area (Å²) in [4.78, 5) is 27.8. The van der Waals surface area contributed by atoms with Crippen molar-refractivity contribution in [3.63, 3.8) is 0 Å². The summed E-state index contributed by atoms with van der Waals surface area (Å²) in [5.74, 6) is -0.0336. The number of hydrogen-bond donors (Lipinski definition) is 2. The largest absolute Gasteiger partial charge is 0.333 e. The number of ketones is 1. The van der Waals surface area contributed by atoms with Gasteiger partial charge in [0, 0.05) is 22.3 Å². The lowest BCUT2D eigenvalue weighted by atomic mass is 10.1. The number of thiazole rings is 1. The maximum atomic E-state index is 11.7. The van der Waals surface area contributed by atoms with Crippen LogP contribution in [0, 0.1) is 0 Å². The van der Waals surface area contributed by atoms with Crippen LogP contribution in [0.4, 0.5) is 10.5 Å². The normalized spacial score (nSPS) is 9.95. The van der Waals surface area contributed by atoms with Crippen molar-refractivity contribution in [1.29, 1.82) is 0 Å². The number of urea groups is 1. The van der Waals surface area contributed by atoms with E-state index in [0.29, 0.717) is 17.8 Å². The molecule has 2 amide bonds. The SMILES string of the molecule is CC(=O)c1cccc(NC(=O)NCc2cncs2)c1. The van der Waals surface area contributed by atoms with E-state index in [1.165, 1.54) is 18.3 Å². The molecule has 0 aliphatic rings. The maximum Gasteiger partial charge on any atom is 0.319 e. The summed E-state index contributed by atoms with van der Waals surface area (Å²) in [6.07, 6.45) is 1.71. The van der Waals surface area contributed by atoms with Crippen LogP contribution >= 0.6 is 11.3 Å². The molecule has 0 fully saturated rings. The predicted molar refractivity (Wildman–Crippen MR) is 74.4 cm³/mol. The highest BCUT2D eigenvalue weighted by Crippen LogP contribution is 2.11. The van der Waals surface area contributed by atoms with Crippen molar-refractivity contribution in [2.24, 2.45) is 0 Å². The quantitative estimate of drug-likeness (QED) is 0.843.